The number of benzene rings is 4. The number of furan rings is 2. The quantitative estimate of drug-likeness (QED) is 0.180. The Kier molecular flexibility index (Phi) is 5.29. The van der Waals surface area contributed by atoms with Crippen molar-refractivity contribution in [2.45, 2.75) is 12.8 Å². The fourth-order valence-corrected chi connectivity index (χ4v) is 10.2. The summed E-state index contributed by atoms with van der Waals surface area (Å²) in [7, 11) is -3.58. The maximum atomic E-state index is 16.5. The van der Waals surface area contributed by atoms with Gasteiger partial charge in [-0.3, -0.25) is 13.9 Å². The Bertz CT molecular complexity index is 2380. The second-order valence-electron chi connectivity index (χ2n) is 10.8. The lowest BCUT2D eigenvalue weighted by atomic mass is 10.1. The molecule has 3 heterocycles. The van der Waals surface area contributed by atoms with Crippen LogP contribution in [0.2, 0.25) is 0 Å². The average molecular weight is 641 g/mol. The number of hydrogen-bond acceptors (Lipinski definition) is 3. The van der Waals surface area contributed by atoms with Crippen LogP contribution in [-0.4, -0.2) is 0 Å². The highest BCUT2D eigenvalue weighted by Gasteiger charge is 2.51. The minimum absolute atomic E-state index is 0.681. The molecule has 1 unspecified atom stereocenters. The van der Waals surface area contributed by atoms with E-state index in [-0.39, 0.29) is 0 Å². The first-order valence-corrected chi connectivity index (χ1v) is 16.5. The summed E-state index contributed by atoms with van der Waals surface area (Å²) in [6, 6.07) is 36.2. The van der Waals surface area contributed by atoms with Crippen molar-refractivity contribution in [3.63, 3.8) is 0 Å². The van der Waals surface area contributed by atoms with Crippen molar-refractivity contribution in [3.05, 3.63) is 131 Å². The van der Waals surface area contributed by atoms with E-state index in [0.29, 0.717) is 12.0 Å². The molecule has 2 aromatic heterocycles. The number of anilines is 4. The molecule has 43 heavy (non-hydrogen) atoms. The zero-order valence-corrected chi connectivity index (χ0v) is 25.2. The molecule has 0 spiro atoms. The molecular formula is C36H22BrN2O3P. The van der Waals surface area contributed by atoms with Gasteiger partial charge in [-0.15, -0.1) is 0 Å². The lowest BCUT2D eigenvalue weighted by Gasteiger charge is -2.35. The van der Waals surface area contributed by atoms with E-state index in [1.807, 2.05) is 72.8 Å². The molecule has 2 aliphatic rings. The molecule has 0 bridgehead atoms. The molecule has 7 heteroatoms. The summed E-state index contributed by atoms with van der Waals surface area (Å²) in [6.45, 7) is 0. The second kappa shape index (κ2) is 9.15. The normalized spacial score (nSPS) is 18.1. The number of allylic oxidation sites excluding steroid dienone is 4. The molecule has 0 saturated heterocycles. The Balaban J connectivity index is 1.42. The molecule has 5 nitrogen and oxygen atoms in total. The maximum absolute atomic E-state index is 16.5. The van der Waals surface area contributed by atoms with Crippen LogP contribution < -0.4 is 9.34 Å². The van der Waals surface area contributed by atoms with Gasteiger partial charge in [0.2, 0.25) is 0 Å². The van der Waals surface area contributed by atoms with Crippen molar-refractivity contribution in [3.8, 4) is 0 Å². The van der Waals surface area contributed by atoms with Crippen molar-refractivity contribution >= 4 is 90.0 Å². The first-order valence-electron chi connectivity index (χ1n) is 14.1. The fourth-order valence-electron chi connectivity index (χ4n) is 6.60. The molecule has 0 N–H and O–H groups in total. The van der Waals surface area contributed by atoms with Crippen LogP contribution in [-0.2, 0) is 4.57 Å². The molecule has 0 radical (unpaired) electrons. The third kappa shape index (κ3) is 3.44. The van der Waals surface area contributed by atoms with Crippen LogP contribution in [0.5, 0.6) is 0 Å². The number of hydrogen-bond donors (Lipinski definition) is 0. The summed E-state index contributed by atoms with van der Waals surface area (Å²) in [4.78, 5) is 0. The standard InChI is InChI=1S/C36H22BrN2O3P/c37-23-20-21-27-30(22-23)39(29-15-9-19-34-36(29)26-13-5-7-17-32(26)42-34)43(40,24-10-2-1-3-11-24)38(27)28-14-8-18-33-35(28)25-12-4-6-16-31(25)41-33/h1-2,5-10,13-22H,3,11H2. The Morgan fingerprint density at radius 3 is 2.33 bits per heavy atom. The van der Waals surface area contributed by atoms with Crippen LogP contribution in [0.25, 0.3) is 43.9 Å². The van der Waals surface area contributed by atoms with Crippen LogP contribution in [0.3, 0.4) is 0 Å². The fraction of sp³-hybridized carbons (Fsp3) is 0.0556. The van der Waals surface area contributed by atoms with Crippen LogP contribution in [0.15, 0.2) is 128 Å². The number of fused-ring (bicyclic) bond motifs is 7. The molecule has 0 fully saturated rings. The minimum Gasteiger partial charge on any atom is -0.456 e. The molecule has 5 aromatic carbocycles. The molecule has 1 atom stereocenters. The number of rotatable bonds is 3. The minimum atomic E-state index is -3.58. The van der Waals surface area contributed by atoms with Gasteiger partial charge in [-0.25, -0.2) is 0 Å². The molecule has 0 amide bonds. The van der Waals surface area contributed by atoms with Gasteiger partial charge in [0.05, 0.1) is 38.9 Å². The van der Waals surface area contributed by atoms with Crippen LogP contribution >= 0.6 is 23.4 Å². The van der Waals surface area contributed by atoms with Crippen molar-refractivity contribution in [2.75, 3.05) is 9.34 Å². The molecule has 1 aliphatic carbocycles. The third-order valence-corrected chi connectivity index (χ3v) is 11.9. The lowest BCUT2D eigenvalue weighted by Crippen LogP contribution is -2.20. The highest BCUT2D eigenvalue weighted by Crippen LogP contribution is 2.76. The third-order valence-electron chi connectivity index (χ3n) is 8.37. The Labute approximate surface area is 255 Å². The summed E-state index contributed by atoms with van der Waals surface area (Å²) in [6.07, 6.45) is 7.69. The summed E-state index contributed by atoms with van der Waals surface area (Å²) < 4.78 is 34.0. The molecule has 9 rings (SSSR count). The van der Waals surface area contributed by atoms with E-state index in [1.54, 1.807) is 6.07 Å². The Hall–Kier alpha value is -4.69. The van der Waals surface area contributed by atoms with Gasteiger partial charge in [0.25, 0.3) is 7.44 Å². The maximum Gasteiger partial charge on any atom is 0.297 e. The van der Waals surface area contributed by atoms with Crippen LogP contribution in [0.1, 0.15) is 12.8 Å². The van der Waals surface area contributed by atoms with Gasteiger partial charge in [-0.1, -0.05) is 76.6 Å². The van der Waals surface area contributed by atoms with Crippen molar-refractivity contribution in [2.24, 2.45) is 0 Å². The summed E-state index contributed by atoms with van der Waals surface area (Å²) in [5.41, 5.74) is 6.34. The molecule has 7 aromatic rings. The van der Waals surface area contributed by atoms with E-state index in [0.717, 1.165) is 77.3 Å². The van der Waals surface area contributed by atoms with Gasteiger partial charge in [0.1, 0.15) is 22.3 Å². The first kappa shape index (κ1) is 24.9. The number of para-hydroxylation sites is 1. The van der Waals surface area contributed by atoms with Gasteiger partial charge in [0, 0.05) is 15.2 Å². The zero-order chi connectivity index (χ0) is 28.7. The van der Waals surface area contributed by atoms with Crippen molar-refractivity contribution < 1.29 is 13.4 Å². The number of halogens is 1. The number of nitrogens with zero attached hydrogens (tertiary/aromatic N) is 2. The van der Waals surface area contributed by atoms with E-state index < -0.39 is 7.44 Å². The van der Waals surface area contributed by atoms with E-state index in [2.05, 4.69) is 67.7 Å². The largest absolute Gasteiger partial charge is 0.456 e. The summed E-state index contributed by atoms with van der Waals surface area (Å²) in [5.74, 6) is 0. The van der Waals surface area contributed by atoms with E-state index >= 15 is 4.57 Å². The monoisotopic (exact) mass is 640 g/mol. The first-order chi connectivity index (χ1) is 21.1. The van der Waals surface area contributed by atoms with Gasteiger partial charge < -0.3 is 8.83 Å². The molecule has 206 valence electrons. The average Bonchev–Trinajstić information content (AvgIpc) is 3.69. The summed E-state index contributed by atoms with van der Waals surface area (Å²) >= 11 is 3.72. The SMILES string of the molecule is O=P1(C2=CC=CCC2)N(c2cccc3oc4ccc#cc4c23)c2ccc(Br)cc2N1c1cccc2oc3ccccc3c12. The van der Waals surface area contributed by atoms with Crippen molar-refractivity contribution in [1.29, 1.82) is 0 Å². The predicted molar refractivity (Wildman–Crippen MR) is 178 cm³/mol. The van der Waals surface area contributed by atoms with Gasteiger partial charge in [-0.2, -0.15) is 0 Å². The van der Waals surface area contributed by atoms with E-state index in [4.69, 9.17) is 8.83 Å². The Morgan fingerprint density at radius 1 is 0.744 bits per heavy atom. The van der Waals surface area contributed by atoms with E-state index in [9.17, 15) is 0 Å². The van der Waals surface area contributed by atoms with Crippen molar-refractivity contribution in [1.82, 2.24) is 0 Å². The van der Waals surface area contributed by atoms with Crippen LogP contribution in [0.4, 0.5) is 22.7 Å². The predicted octanol–water partition coefficient (Wildman–Crippen LogP) is 11.6. The van der Waals surface area contributed by atoms with Gasteiger partial charge in [-0.05, 0) is 73.5 Å². The van der Waals surface area contributed by atoms with Crippen LogP contribution in [0, 0.1) is 12.1 Å². The summed E-state index contributed by atoms with van der Waals surface area (Å²) in [5, 5.41) is 4.49. The molecule has 0 saturated carbocycles. The van der Waals surface area contributed by atoms with Gasteiger partial charge >= 0.3 is 0 Å². The highest BCUT2D eigenvalue weighted by molar-refractivity contribution is 9.10. The van der Waals surface area contributed by atoms with Gasteiger partial charge in [0.15, 0.2) is 0 Å². The smallest absolute Gasteiger partial charge is 0.297 e. The Morgan fingerprint density at radius 2 is 1.49 bits per heavy atom. The topological polar surface area (TPSA) is 49.8 Å². The second-order valence-corrected chi connectivity index (χ2v) is 14.1. The molecule has 1 aliphatic heterocycles. The highest BCUT2D eigenvalue weighted by atomic mass is 79.9. The zero-order valence-electron chi connectivity index (χ0n) is 22.8. The molecular weight excluding hydrogens is 619 g/mol. The van der Waals surface area contributed by atoms with E-state index in [1.165, 1.54) is 0 Å². The lowest BCUT2D eigenvalue weighted by molar-refractivity contribution is 0.579.